The van der Waals surface area contributed by atoms with Crippen LogP contribution in [0.15, 0.2) is 46.9 Å². The first kappa shape index (κ1) is 21.2. The molecule has 2 aromatic carbocycles. The molecule has 0 aromatic heterocycles. The monoisotopic (exact) mass is 482 g/mol. The first-order chi connectivity index (χ1) is 14.2. The molecule has 0 spiro atoms. The molecule has 1 atom stereocenters. The van der Waals surface area contributed by atoms with Gasteiger partial charge in [-0.05, 0) is 55.2 Å². The van der Waals surface area contributed by atoms with Gasteiger partial charge in [-0.2, -0.15) is 0 Å². The van der Waals surface area contributed by atoms with Crippen LogP contribution in [0.3, 0.4) is 0 Å². The molecule has 8 heteroatoms. The highest BCUT2D eigenvalue weighted by Crippen LogP contribution is 2.36. The summed E-state index contributed by atoms with van der Waals surface area (Å²) in [4.78, 5) is 16.9. The smallest absolute Gasteiger partial charge is 0.406 e. The largest absolute Gasteiger partial charge is 0.573 e. The summed E-state index contributed by atoms with van der Waals surface area (Å²) in [5, 5.41) is 0. The van der Waals surface area contributed by atoms with Gasteiger partial charge in [-0.15, -0.1) is 13.2 Å². The summed E-state index contributed by atoms with van der Waals surface area (Å²) in [5.74, 6) is -0.0654. The second-order valence-electron chi connectivity index (χ2n) is 7.77. The topological polar surface area (TPSA) is 32.8 Å². The van der Waals surface area contributed by atoms with Gasteiger partial charge in [0.05, 0.1) is 6.42 Å². The normalized spacial score (nSPS) is 19.1. The Balaban J connectivity index is 1.39. The molecular formula is C22H22BrF3N2O2. The van der Waals surface area contributed by atoms with Gasteiger partial charge in [0.2, 0.25) is 5.91 Å². The van der Waals surface area contributed by atoms with Crippen molar-refractivity contribution in [3.63, 3.8) is 0 Å². The number of amides is 1. The molecule has 0 aliphatic carbocycles. The third-order valence-corrected chi connectivity index (χ3v) is 6.42. The zero-order valence-corrected chi connectivity index (χ0v) is 18.0. The van der Waals surface area contributed by atoms with Crippen molar-refractivity contribution < 1.29 is 22.7 Å². The van der Waals surface area contributed by atoms with Gasteiger partial charge in [0.25, 0.3) is 0 Å². The second-order valence-corrected chi connectivity index (χ2v) is 8.69. The Morgan fingerprint density at radius 2 is 1.77 bits per heavy atom. The molecule has 4 rings (SSSR count). The fourth-order valence-electron chi connectivity index (χ4n) is 4.38. The van der Waals surface area contributed by atoms with Crippen LogP contribution >= 0.6 is 15.9 Å². The van der Waals surface area contributed by atoms with Gasteiger partial charge >= 0.3 is 6.36 Å². The highest BCUT2D eigenvalue weighted by molar-refractivity contribution is 9.10. The lowest BCUT2D eigenvalue weighted by molar-refractivity contribution is -0.274. The Bertz CT molecular complexity index is 925. The lowest BCUT2D eigenvalue weighted by Crippen LogP contribution is -2.46. The zero-order chi connectivity index (χ0) is 21.5. The van der Waals surface area contributed by atoms with Crippen LogP contribution in [0.2, 0.25) is 0 Å². The number of ether oxygens (including phenoxy) is 1. The van der Waals surface area contributed by atoms with Crippen LogP contribution in [-0.2, 0) is 11.2 Å². The van der Waals surface area contributed by atoms with Crippen molar-refractivity contribution in [2.75, 3.05) is 18.0 Å². The summed E-state index contributed by atoms with van der Waals surface area (Å²) in [6.07, 6.45) is -2.52. The summed E-state index contributed by atoms with van der Waals surface area (Å²) < 4.78 is 41.9. The molecule has 1 unspecified atom stereocenters. The number of carbonyl (C=O) groups is 1. The number of rotatable bonds is 4. The van der Waals surface area contributed by atoms with Crippen LogP contribution in [0.25, 0.3) is 0 Å². The fourth-order valence-corrected chi connectivity index (χ4v) is 4.73. The molecule has 2 heterocycles. The number of hydrogen-bond acceptors (Lipinski definition) is 3. The van der Waals surface area contributed by atoms with Crippen molar-refractivity contribution in [3.8, 4) is 5.75 Å². The number of halogens is 4. The molecule has 4 nitrogen and oxygen atoms in total. The minimum Gasteiger partial charge on any atom is -0.406 e. The average molecular weight is 483 g/mol. The Labute approximate surface area is 181 Å². The van der Waals surface area contributed by atoms with Crippen molar-refractivity contribution in [2.24, 2.45) is 0 Å². The number of fused-ring (bicyclic) bond motifs is 1. The molecule has 2 aliphatic rings. The van der Waals surface area contributed by atoms with E-state index in [1.807, 2.05) is 30.0 Å². The van der Waals surface area contributed by atoms with Crippen LogP contribution in [0.1, 0.15) is 36.9 Å². The van der Waals surface area contributed by atoms with E-state index in [1.54, 1.807) is 12.1 Å². The zero-order valence-electron chi connectivity index (χ0n) is 16.5. The molecule has 0 N–H and O–H groups in total. The maximum atomic E-state index is 12.6. The van der Waals surface area contributed by atoms with Crippen molar-refractivity contribution in [2.45, 2.75) is 44.6 Å². The Kier molecular flexibility index (Phi) is 5.81. The van der Waals surface area contributed by atoms with Gasteiger partial charge in [0.15, 0.2) is 0 Å². The van der Waals surface area contributed by atoms with Gasteiger partial charge in [-0.3, -0.25) is 9.69 Å². The maximum Gasteiger partial charge on any atom is 0.573 e. The summed E-state index contributed by atoms with van der Waals surface area (Å²) in [6, 6.07) is 12.3. The van der Waals surface area contributed by atoms with E-state index < -0.39 is 6.36 Å². The maximum absolute atomic E-state index is 12.6. The number of likely N-dealkylation sites (tertiary alicyclic amines) is 1. The highest BCUT2D eigenvalue weighted by Gasteiger charge is 2.36. The molecule has 160 valence electrons. The first-order valence-electron chi connectivity index (χ1n) is 9.91. The molecule has 0 radical (unpaired) electrons. The number of nitrogens with zero attached hydrogens (tertiary/aromatic N) is 2. The number of hydrogen-bond donors (Lipinski definition) is 0. The highest BCUT2D eigenvalue weighted by atomic mass is 79.9. The Hall–Kier alpha value is -2.06. The number of alkyl halides is 3. The van der Waals surface area contributed by atoms with Gasteiger partial charge in [0, 0.05) is 35.3 Å². The Morgan fingerprint density at radius 1 is 1.10 bits per heavy atom. The van der Waals surface area contributed by atoms with Crippen LogP contribution in [0.5, 0.6) is 5.75 Å². The number of anilines is 1. The van der Waals surface area contributed by atoms with E-state index in [9.17, 15) is 18.0 Å². The van der Waals surface area contributed by atoms with E-state index in [0.717, 1.165) is 47.2 Å². The minimum absolute atomic E-state index is 0.0709. The first-order valence-corrected chi connectivity index (χ1v) is 10.7. The summed E-state index contributed by atoms with van der Waals surface area (Å²) in [5.41, 5.74) is 3.01. The fraction of sp³-hybridized carbons (Fsp3) is 0.409. The summed E-state index contributed by atoms with van der Waals surface area (Å²) in [7, 11) is 0. The van der Waals surface area contributed by atoms with Crippen LogP contribution < -0.4 is 9.64 Å². The van der Waals surface area contributed by atoms with E-state index in [0.29, 0.717) is 6.42 Å². The molecule has 2 aliphatic heterocycles. The van der Waals surface area contributed by atoms with Crippen molar-refractivity contribution in [1.29, 1.82) is 0 Å². The molecule has 1 fully saturated rings. The third kappa shape index (κ3) is 4.49. The van der Waals surface area contributed by atoms with E-state index in [-0.39, 0.29) is 23.7 Å². The summed E-state index contributed by atoms with van der Waals surface area (Å²) in [6.45, 7) is 3.69. The minimum atomic E-state index is -4.68. The van der Waals surface area contributed by atoms with Crippen LogP contribution in [0, 0.1) is 0 Å². The Morgan fingerprint density at radius 3 is 2.40 bits per heavy atom. The number of carbonyl (C=O) groups excluding carboxylic acids is 1. The van der Waals surface area contributed by atoms with E-state index >= 15 is 0 Å². The van der Waals surface area contributed by atoms with Gasteiger partial charge in [-0.1, -0.05) is 34.1 Å². The molecular weight excluding hydrogens is 461 g/mol. The van der Waals surface area contributed by atoms with Crippen molar-refractivity contribution >= 4 is 27.5 Å². The third-order valence-electron chi connectivity index (χ3n) is 5.93. The van der Waals surface area contributed by atoms with Crippen LogP contribution in [0.4, 0.5) is 18.9 Å². The molecule has 0 bridgehead atoms. The van der Waals surface area contributed by atoms with E-state index in [1.165, 1.54) is 12.1 Å². The summed E-state index contributed by atoms with van der Waals surface area (Å²) >= 11 is 3.49. The predicted molar refractivity (Wildman–Crippen MR) is 111 cm³/mol. The predicted octanol–water partition coefficient (Wildman–Crippen LogP) is 5.46. The number of benzene rings is 2. The van der Waals surface area contributed by atoms with Crippen LogP contribution in [-0.4, -0.2) is 36.3 Å². The lowest BCUT2D eigenvalue weighted by atomic mass is 9.99. The number of piperidine rings is 1. The molecule has 2 aromatic rings. The molecule has 1 amide bonds. The molecule has 0 saturated carbocycles. The molecule has 30 heavy (non-hydrogen) atoms. The SMILES string of the molecule is CC(c1ccc(OC(F)(F)F)cc1)N1CCC(N2C(=O)Cc3ccc(Br)cc32)CC1. The van der Waals surface area contributed by atoms with E-state index in [4.69, 9.17) is 0 Å². The van der Waals surface area contributed by atoms with Gasteiger partial charge in [-0.25, -0.2) is 0 Å². The van der Waals surface area contributed by atoms with Gasteiger partial charge < -0.3 is 9.64 Å². The lowest BCUT2D eigenvalue weighted by Gasteiger charge is -2.39. The van der Waals surface area contributed by atoms with Gasteiger partial charge in [0.1, 0.15) is 5.75 Å². The van der Waals surface area contributed by atoms with E-state index in [2.05, 4.69) is 25.6 Å². The quantitative estimate of drug-likeness (QED) is 0.579. The van der Waals surface area contributed by atoms with Crippen molar-refractivity contribution in [1.82, 2.24) is 4.90 Å². The molecule has 1 saturated heterocycles. The standard InChI is InChI=1S/C22H22BrF3N2O2/c1-14(15-3-6-19(7-4-15)30-22(24,25)26)27-10-8-18(9-11-27)28-20-13-17(23)5-2-16(20)12-21(28)29/h2-7,13-14,18H,8-12H2,1H3. The second kappa shape index (κ2) is 8.23. The average Bonchev–Trinajstić information content (AvgIpc) is 3.02. The van der Waals surface area contributed by atoms with Crippen molar-refractivity contribution in [3.05, 3.63) is 58.1 Å².